The Balaban J connectivity index is 6.26. The zero-order valence-corrected chi connectivity index (χ0v) is 54.7. The minimum atomic E-state index is -1.50. The maximum absolute atomic E-state index is 13.2. The van der Waals surface area contributed by atoms with Crippen LogP contribution in [0.15, 0.2) is 15.0 Å². The predicted octanol–water partition coefficient (Wildman–Crippen LogP) is 2.98. The maximum atomic E-state index is 13.2. The van der Waals surface area contributed by atoms with Crippen molar-refractivity contribution in [2.24, 2.45) is 20.7 Å². The summed E-state index contributed by atoms with van der Waals surface area (Å²) in [6.45, 7) is 27.6. The molecule has 33 heteroatoms. The van der Waals surface area contributed by atoms with E-state index in [-0.39, 0.29) is 129 Å². The molecule has 0 aromatic heterocycles. The summed E-state index contributed by atoms with van der Waals surface area (Å²) < 4.78 is 49.4. The first kappa shape index (κ1) is 80.3. The van der Waals surface area contributed by atoms with Crippen molar-refractivity contribution in [1.82, 2.24) is 53.2 Å². The van der Waals surface area contributed by atoms with Crippen LogP contribution in [0, 0.1) is 0 Å². The van der Waals surface area contributed by atoms with Gasteiger partial charge in [0, 0.05) is 51.9 Å². The first-order chi connectivity index (χ1) is 40.4. The quantitative estimate of drug-likeness (QED) is 0.0244. The Labute approximate surface area is 516 Å². The fraction of sp³-hybridized carbons (Fsp3) is 0.764. The fourth-order valence-corrected chi connectivity index (χ4v) is 6.11. The summed E-state index contributed by atoms with van der Waals surface area (Å²) >= 11 is 0. The predicted molar refractivity (Wildman–Crippen MR) is 323 cm³/mol. The number of amides is 10. The molecule has 0 atom stereocenters. The van der Waals surface area contributed by atoms with Crippen molar-refractivity contribution in [1.29, 1.82) is 0 Å². The van der Waals surface area contributed by atoms with Gasteiger partial charge in [0.05, 0.1) is 59.3 Å². The second-order valence-electron chi connectivity index (χ2n) is 25.3. The standard InChI is InChI=1S/C55H100N14O19/c1-49(2,3)83-43(74)63-40(64-44(75)84-50(4,5)6)60-27-24-57-36(70)20-30-80-33-55(69-39(73)19-23-56,34-81-31-21-37(71)58-25-28-61-41(65-45(76)85-51(7,8)9)66-46(77)86-52(10,11)12)35-82-32-22-38(72)59-26-29-62-42(67-47(78)87-53(13,14)15)68-48(79)88-54(16,17)18/h19-35,56H2,1-18H3,(H,57,70)(H,58,71)(H,59,72)(H,69,73)(H2,60,63,64,74,75)(H2,61,65,66,76,77)(H2,62,67,68,78,79). The summed E-state index contributed by atoms with van der Waals surface area (Å²) in [6, 6.07) is 0. The highest BCUT2D eigenvalue weighted by atomic mass is 16.6. The Morgan fingerprint density at radius 3 is 0.739 bits per heavy atom. The third-order valence-corrected chi connectivity index (χ3v) is 9.16. The number of aliphatic imine (C=N–C) groups is 3. The van der Waals surface area contributed by atoms with Gasteiger partial charge in [-0.15, -0.1) is 0 Å². The highest BCUT2D eigenvalue weighted by Gasteiger charge is 2.34. The molecular weight excluding hydrogens is 1160 g/mol. The van der Waals surface area contributed by atoms with Gasteiger partial charge in [0.2, 0.25) is 41.5 Å². The van der Waals surface area contributed by atoms with Gasteiger partial charge in [-0.2, -0.15) is 0 Å². The van der Waals surface area contributed by atoms with E-state index in [2.05, 4.69) is 68.1 Å². The van der Waals surface area contributed by atoms with Crippen LogP contribution in [-0.2, 0) is 61.8 Å². The molecule has 12 N–H and O–H groups in total. The highest BCUT2D eigenvalue weighted by molar-refractivity contribution is 6.03. The second-order valence-corrected chi connectivity index (χ2v) is 25.3. The molecule has 0 aromatic carbocycles. The lowest BCUT2D eigenvalue weighted by Gasteiger charge is -2.34. The monoisotopic (exact) mass is 1260 g/mol. The van der Waals surface area contributed by atoms with E-state index in [1.807, 2.05) is 0 Å². The number of alkyl carbamates (subject to hydrolysis) is 6. The molecule has 10 amide bonds. The lowest BCUT2D eigenvalue weighted by Crippen LogP contribution is -2.59. The van der Waals surface area contributed by atoms with E-state index in [0.29, 0.717) is 0 Å². The number of hydrogen-bond acceptors (Lipinski definition) is 23. The molecule has 0 fully saturated rings. The zero-order chi connectivity index (χ0) is 67.6. The van der Waals surface area contributed by atoms with Crippen molar-refractivity contribution in [2.75, 3.05) is 85.5 Å². The minimum Gasteiger partial charge on any atom is -0.444 e. The van der Waals surface area contributed by atoms with Crippen LogP contribution in [0.4, 0.5) is 28.8 Å². The van der Waals surface area contributed by atoms with Gasteiger partial charge >= 0.3 is 36.6 Å². The van der Waals surface area contributed by atoms with Crippen LogP contribution in [0.5, 0.6) is 0 Å². The van der Waals surface area contributed by atoms with Crippen LogP contribution in [-0.4, -0.2) is 203 Å². The molecule has 0 spiro atoms. The summed E-state index contributed by atoms with van der Waals surface area (Å²) in [4.78, 5) is 140. The van der Waals surface area contributed by atoms with E-state index >= 15 is 0 Å². The Bertz CT molecular complexity index is 2040. The van der Waals surface area contributed by atoms with Crippen LogP contribution in [0.25, 0.3) is 0 Å². The number of guanidine groups is 3. The molecule has 88 heavy (non-hydrogen) atoms. The smallest absolute Gasteiger partial charge is 0.414 e. The molecule has 0 radical (unpaired) electrons. The number of nitrogens with two attached hydrogens (primary N) is 1. The molecule has 0 aliphatic heterocycles. The number of nitrogens with one attached hydrogen (secondary N) is 10. The number of hydrogen-bond donors (Lipinski definition) is 11. The molecule has 0 aliphatic carbocycles. The van der Waals surface area contributed by atoms with Gasteiger partial charge < -0.3 is 69.6 Å². The Morgan fingerprint density at radius 2 is 0.545 bits per heavy atom. The Hall–Kier alpha value is -7.65. The van der Waals surface area contributed by atoms with Gasteiger partial charge in [0.15, 0.2) is 0 Å². The molecule has 0 saturated heterocycles. The van der Waals surface area contributed by atoms with E-state index < -0.39 is 99.3 Å². The van der Waals surface area contributed by atoms with Crippen molar-refractivity contribution in [3.8, 4) is 0 Å². The molecule has 33 nitrogen and oxygen atoms in total. The van der Waals surface area contributed by atoms with Crippen molar-refractivity contribution in [3.63, 3.8) is 0 Å². The van der Waals surface area contributed by atoms with Gasteiger partial charge in [-0.05, 0) is 125 Å². The maximum Gasteiger partial charge on any atom is 0.414 e. The first-order valence-corrected chi connectivity index (χ1v) is 28.5. The fourth-order valence-electron chi connectivity index (χ4n) is 6.11. The molecule has 0 aliphatic rings. The van der Waals surface area contributed by atoms with Gasteiger partial charge in [0.25, 0.3) is 0 Å². The lowest BCUT2D eigenvalue weighted by molar-refractivity contribution is -0.130. The molecule has 0 heterocycles. The van der Waals surface area contributed by atoms with Gasteiger partial charge in [-0.1, -0.05) is 0 Å². The van der Waals surface area contributed by atoms with Gasteiger partial charge in [0.1, 0.15) is 39.1 Å². The summed E-state index contributed by atoms with van der Waals surface area (Å²) in [6.07, 6.45) is -6.14. The lowest BCUT2D eigenvalue weighted by atomic mass is 10.0. The molecule has 0 rings (SSSR count). The molecule has 0 unspecified atom stereocenters. The van der Waals surface area contributed by atoms with Crippen molar-refractivity contribution < 1.29 is 90.6 Å². The zero-order valence-electron chi connectivity index (χ0n) is 54.7. The normalized spacial score (nSPS) is 11.8. The van der Waals surface area contributed by atoms with Crippen molar-refractivity contribution in [3.05, 3.63) is 0 Å². The van der Waals surface area contributed by atoms with Crippen molar-refractivity contribution >= 4 is 78.1 Å². The average molecular weight is 1260 g/mol. The van der Waals surface area contributed by atoms with E-state index in [1.54, 1.807) is 125 Å². The summed E-state index contributed by atoms with van der Waals surface area (Å²) in [5.74, 6) is -2.86. The molecular formula is C55H100N14O19. The third kappa shape index (κ3) is 47.5. The first-order valence-electron chi connectivity index (χ1n) is 28.5. The van der Waals surface area contributed by atoms with Crippen molar-refractivity contribution in [2.45, 2.75) is 189 Å². The van der Waals surface area contributed by atoms with Crippen LogP contribution in [0.3, 0.4) is 0 Å². The molecule has 0 bridgehead atoms. The van der Waals surface area contributed by atoms with Crippen LogP contribution in [0.1, 0.15) is 150 Å². The number of ether oxygens (including phenoxy) is 9. The van der Waals surface area contributed by atoms with E-state index in [0.717, 1.165) is 0 Å². The summed E-state index contributed by atoms with van der Waals surface area (Å²) in [7, 11) is 0. The largest absolute Gasteiger partial charge is 0.444 e. The number of nitrogens with zero attached hydrogens (tertiary/aromatic N) is 3. The van der Waals surface area contributed by atoms with E-state index in [4.69, 9.17) is 48.4 Å². The Morgan fingerprint density at radius 1 is 0.330 bits per heavy atom. The SMILES string of the molecule is CC(C)(C)OC(=O)NC(=NCCNC(=O)CCOCC(COCCC(=O)NCCN=C(NC(=O)OC(C)(C)C)NC(=O)OC(C)(C)C)(COCCC(=O)NCCN=C(NC(=O)OC(C)(C)C)NC(=O)OC(C)(C)C)NC(=O)CCN)NC(=O)OC(C)(C)C. The van der Waals surface area contributed by atoms with Gasteiger partial charge in [-0.3, -0.25) is 66.1 Å². The minimum absolute atomic E-state index is 0.0377. The summed E-state index contributed by atoms with van der Waals surface area (Å²) in [5.41, 5.74) is -0.977. The van der Waals surface area contributed by atoms with Crippen LogP contribution < -0.4 is 58.9 Å². The van der Waals surface area contributed by atoms with Crippen LogP contribution in [0.2, 0.25) is 0 Å². The molecule has 504 valence electrons. The topological polar surface area (TPSA) is 437 Å². The number of carbonyl (C=O) groups is 10. The second kappa shape index (κ2) is 38.6. The third-order valence-electron chi connectivity index (χ3n) is 9.16. The average Bonchev–Trinajstić information content (AvgIpc) is 3.50. The van der Waals surface area contributed by atoms with E-state index in [1.165, 1.54) is 0 Å². The van der Waals surface area contributed by atoms with Gasteiger partial charge in [-0.25, -0.2) is 28.8 Å². The van der Waals surface area contributed by atoms with Crippen LogP contribution >= 0.6 is 0 Å². The number of rotatable bonds is 27. The van der Waals surface area contributed by atoms with E-state index in [9.17, 15) is 47.9 Å². The Kier molecular flexibility index (Phi) is 35.2. The summed E-state index contributed by atoms with van der Waals surface area (Å²) in [5, 5.41) is 24.9. The molecule has 0 saturated carbocycles. The molecule has 0 aromatic rings. The number of carbonyl (C=O) groups excluding carboxylic acids is 10. The highest BCUT2D eigenvalue weighted by Crippen LogP contribution is 2.14.